The molecular formula is C27H18N2OS. The first-order valence-corrected chi connectivity index (χ1v) is 11.0. The predicted molar refractivity (Wildman–Crippen MR) is 129 cm³/mol. The summed E-state index contributed by atoms with van der Waals surface area (Å²) in [7, 11) is 0. The number of hydrogen-bond acceptors (Lipinski definition) is 3. The Labute approximate surface area is 183 Å². The Balaban J connectivity index is 1.69. The van der Waals surface area contributed by atoms with Gasteiger partial charge in [0, 0.05) is 34.0 Å². The molecule has 148 valence electrons. The highest BCUT2D eigenvalue weighted by molar-refractivity contribution is 7.21. The summed E-state index contributed by atoms with van der Waals surface area (Å²) in [5.41, 5.74) is 6.35. The van der Waals surface area contributed by atoms with Crippen molar-refractivity contribution in [3.8, 4) is 10.6 Å². The fourth-order valence-electron chi connectivity index (χ4n) is 4.34. The Morgan fingerprint density at radius 2 is 1.68 bits per heavy atom. The Hall–Kier alpha value is -3.76. The van der Waals surface area contributed by atoms with Gasteiger partial charge in [0.05, 0.1) is 15.7 Å². The van der Waals surface area contributed by atoms with Crippen LogP contribution in [0, 0.1) is 0 Å². The number of carbonyl (C=O) groups excluding carboxylic acids is 1. The molecule has 0 bridgehead atoms. The topological polar surface area (TPSA) is 34.9 Å². The number of aromatic nitrogens is 2. The molecule has 0 unspecified atom stereocenters. The molecule has 0 aliphatic heterocycles. The van der Waals surface area contributed by atoms with Gasteiger partial charge in [0.1, 0.15) is 11.3 Å². The number of carbonyl (C=O) groups is 1. The third-order valence-corrected chi connectivity index (χ3v) is 6.82. The van der Waals surface area contributed by atoms with E-state index in [1.165, 1.54) is 10.3 Å². The van der Waals surface area contributed by atoms with E-state index in [9.17, 15) is 4.79 Å². The Bertz CT molecular complexity index is 1540. The maximum Gasteiger partial charge on any atom is 0.150 e. The Morgan fingerprint density at radius 1 is 0.839 bits per heavy atom. The number of benzene rings is 4. The lowest BCUT2D eigenvalue weighted by molar-refractivity contribution is 0.112. The number of hydrogen-bond donors (Lipinski definition) is 0. The normalized spacial score (nSPS) is 11.5. The molecule has 6 aromatic rings. The largest absolute Gasteiger partial charge is 0.335 e. The van der Waals surface area contributed by atoms with E-state index < -0.39 is 0 Å². The molecule has 4 aromatic carbocycles. The third-order valence-electron chi connectivity index (χ3n) is 5.75. The fraction of sp³-hybridized carbons (Fsp3) is 0.0370. The molecule has 0 amide bonds. The van der Waals surface area contributed by atoms with Gasteiger partial charge in [-0.25, -0.2) is 4.98 Å². The lowest BCUT2D eigenvalue weighted by Crippen LogP contribution is -2.00. The zero-order valence-corrected chi connectivity index (χ0v) is 17.5. The number of thiazole rings is 1. The molecule has 6 rings (SSSR count). The molecule has 0 saturated carbocycles. The molecule has 0 aliphatic rings. The first-order valence-electron chi connectivity index (χ1n) is 10.2. The van der Waals surface area contributed by atoms with Crippen LogP contribution in [0.5, 0.6) is 0 Å². The summed E-state index contributed by atoms with van der Waals surface area (Å²) in [6.07, 6.45) is 0.914. The second-order valence-corrected chi connectivity index (χ2v) is 8.69. The smallest absolute Gasteiger partial charge is 0.150 e. The molecule has 0 atom stereocenters. The summed E-state index contributed by atoms with van der Waals surface area (Å²) >= 11 is 1.72. The minimum atomic E-state index is 0.691. The van der Waals surface area contributed by atoms with Gasteiger partial charge in [-0.2, -0.15) is 0 Å². The van der Waals surface area contributed by atoms with Crippen molar-refractivity contribution in [1.82, 2.24) is 9.55 Å². The zero-order valence-electron chi connectivity index (χ0n) is 16.7. The van der Waals surface area contributed by atoms with Crippen LogP contribution < -0.4 is 0 Å². The Kier molecular flexibility index (Phi) is 4.18. The predicted octanol–water partition coefficient (Wildman–Crippen LogP) is 6.93. The van der Waals surface area contributed by atoms with Gasteiger partial charge in [0.25, 0.3) is 0 Å². The molecule has 2 aromatic heterocycles. The molecule has 0 saturated heterocycles. The number of aldehydes is 1. The number of fused-ring (bicyclic) bond motifs is 4. The fourth-order valence-corrected chi connectivity index (χ4v) is 5.33. The second-order valence-electron chi connectivity index (χ2n) is 7.65. The average molecular weight is 419 g/mol. The van der Waals surface area contributed by atoms with Crippen molar-refractivity contribution >= 4 is 49.6 Å². The van der Waals surface area contributed by atoms with Gasteiger partial charge < -0.3 is 4.57 Å². The minimum absolute atomic E-state index is 0.691. The first kappa shape index (κ1) is 18.0. The summed E-state index contributed by atoms with van der Waals surface area (Å²) in [6, 6.07) is 31.1. The highest BCUT2D eigenvalue weighted by Crippen LogP contribution is 2.39. The second kappa shape index (κ2) is 7.18. The van der Waals surface area contributed by atoms with Gasteiger partial charge in [-0.15, -0.1) is 11.3 Å². The van der Waals surface area contributed by atoms with Crippen molar-refractivity contribution < 1.29 is 4.79 Å². The maximum atomic E-state index is 11.5. The van der Waals surface area contributed by atoms with Crippen molar-refractivity contribution in [2.75, 3.05) is 0 Å². The maximum absolute atomic E-state index is 11.5. The molecule has 0 fully saturated rings. The minimum Gasteiger partial charge on any atom is -0.335 e. The van der Waals surface area contributed by atoms with E-state index >= 15 is 0 Å². The van der Waals surface area contributed by atoms with E-state index in [0.717, 1.165) is 50.7 Å². The molecule has 4 heteroatoms. The third kappa shape index (κ3) is 2.95. The summed E-state index contributed by atoms with van der Waals surface area (Å²) in [5.74, 6) is 0. The Morgan fingerprint density at radius 3 is 2.52 bits per heavy atom. The molecule has 0 spiro atoms. The van der Waals surface area contributed by atoms with Gasteiger partial charge in [-0.05, 0) is 42.0 Å². The van der Waals surface area contributed by atoms with Crippen LogP contribution in [0.15, 0.2) is 91.0 Å². The number of nitrogens with zero attached hydrogens (tertiary/aromatic N) is 2. The zero-order chi connectivity index (χ0) is 20.8. The summed E-state index contributed by atoms with van der Waals surface area (Å²) < 4.78 is 3.54. The highest BCUT2D eigenvalue weighted by atomic mass is 32.1. The molecule has 0 radical (unpaired) electrons. The summed E-state index contributed by atoms with van der Waals surface area (Å²) in [4.78, 5) is 16.4. The van der Waals surface area contributed by atoms with Gasteiger partial charge in [-0.1, -0.05) is 54.6 Å². The quantitative estimate of drug-likeness (QED) is 0.291. The van der Waals surface area contributed by atoms with Crippen LogP contribution in [0.2, 0.25) is 0 Å². The summed E-state index contributed by atoms with van der Waals surface area (Å²) in [6.45, 7) is 0.753. The summed E-state index contributed by atoms with van der Waals surface area (Å²) in [5, 5.41) is 3.25. The van der Waals surface area contributed by atoms with Crippen LogP contribution in [-0.4, -0.2) is 15.8 Å². The lowest BCUT2D eigenvalue weighted by atomic mass is 10.1. The van der Waals surface area contributed by atoms with E-state index in [4.69, 9.17) is 4.98 Å². The number of para-hydroxylation sites is 2. The van der Waals surface area contributed by atoms with Crippen LogP contribution in [-0.2, 0) is 6.54 Å². The van der Waals surface area contributed by atoms with E-state index in [1.807, 2.05) is 24.3 Å². The standard InChI is InChI=1S/C27H18N2OS/c30-17-19-13-14-24-22(15-19)20-9-6-10-21(27-28-23-11-4-5-12-25(23)31-27)26(20)29(24)16-18-7-2-1-3-8-18/h1-15,17H,16H2. The van der Waals surface area contributed by atoms with Gasteiger partial charge in [0.2, 0.25) is 0 Å². The van der Waals surface area contributed by atoms with E-state index in [0.29, 0.717) is 5.56 Å². The van der Waals surface area contributed by atoms with Crippen LogP contribution >= 0.6 is 11.3 Å². The van der Waals surface area contributed by atoms with E-state index in [1.54, 1.807) is 11.3 Å². The van der Waals surface area contributed by atoms with Gasteiger partial charge in [-0.3, -0.25) is 4.79 Å². The monoisotopic (exact) mass is 418 g/mol. The van der Waals surface area contributed by atoms with Gasteiger partial charge >= 0.3 is 0 Å². The average Bonchev–Trinajstić information content (AvgIpc) is 3.39. The molecule has 0 N–H and O–H groups in total. The van der Waals surface area contributed by atoms with Crippen molar-refractivity contribution in [1.29, 1.82) is 0 Å². The molecule has 3 nitrogen and oxygen atoms in total. The molecule has 0 aliphatic carbocycles. The van der Waals surface area contributed by atoms with E-state index in [2.05, 4.69) is 71.3 Å². The van der Waals surface area contributed by atoms with Crippen molar-refractivity contribution in [2.45, 2.75) is 6.54 Å². The van der Waals surface area contributed by atoms with Crippen LogP contribution in [0.4, 0.5) is 0 Å². The molecular weight excluding hydrogens is 400 g/mol. The lowest BCUT2D eigenvalue weighted by Gasteiger charge is -2.10. The van der Waals surface area contributed by atoms with Crippen LogP contribution in [0.1, 0.15) is 15.9 Å². The van der Waals surface area contributed by atoms with Gasteiger partial charge in [0.15, 0.2) is 0 Å². The van der Waals surface area contributed by atoms with E-state index in [-0.39, 0.29) is 0 Å². The number of rotatable bonds is 4. The molecule has 31 heavy (non-hydrogen) atoms. The SMILES string of the molecule is O=Cc1ccc2c(c1)c1cccc(-c3nc4ccccc4s3)c1n2Cc1ccccc1. The molecule has 2 heterocycles. The van der Waals surface area contributed by atoms with Crippen molar-refractivity contribution in [3.63, 3.8) is 0 Å². The van der Waals surface area contributed by atoms with Crippen LogP contribution in [0.3, 0.4) is 0 Å². The first-order chi connectivity index (χ1) is 15.3. The van der Waals surface area contributed by atoms with Crippen molar-refractivity contribution in [2.24, 2.45) is 0 Å². The van der Waals surface area contributed by atoms with Crippen LogP contribution in [0.25, 0.3) is 42.6 Å². The highest BCUT2D eigenvalue weighted by Gasteiger charge is 2.18. The van der Waals surface area contributed by atoms with Crippen molar-refractivity contribution in [3.05, 3.63) is 102 Å².